The highest BCUT2D eigenvalue weighted by atomic mass is 35.5. The molecule has 3 aromatic heterocycles. The van der Waals surface area contributed by atoms with Crippen molar-refractivity contribution in [3.8, 4) is 5.88 Å². The van der Waals surface area contributed by atoms with Crippen LogP contribution in [0.15, 0.2) is 24.7 Å². The minimum Gasteiger partial charge on any atom is -0.481 e. The van der Waals surface area contributed by atoms with Crippen LogP contribution in [-0.4, -0.2) is 31.7 Å². The van der Waals surface area contributed by atoms with Gasteiger partial charge in [-0.15, -0.1) is 0 Å². The molecule has 3 aromatic rings. The van der Waals surface area contributed by atoms with Gasteiger partial charge in [-0.25, -0.2) is 4.98 Å². The summed E-state index contributed by atoms with van der Waals surface area (Å²) in [6, 6.07) is 3.80. The number of halogens is 1. The molecule has 21 heavy (non-hydrogen) atoms. The lowest BCUT2D eigenvalue weighted by Crippen LogP contribution is -2.10. The molecule has 0 aliphatic carbocycles. The van der Waals surface area contributed by atoms with Crippen LogP contribution in [0.2, 0.25) is 5.15 Å². The van der Waals surface area contributed by atoms with Crippen molar-refractivity contribution < 1.29 is 4.74 Å². The maximum absolute atomic E-state index is 6.12. The Bertz CT molecular complexity index is 787. The molecular weight excluding hydrogens is 292 g/mol. The summed E-state index contributed by atoms with van der Waals surface area (Å²) in [7, 11) is 1.59. The molecule has 0 fully saturated rings. The van der Waals surface area contributed by atoms with Crippen molar-refractivity contribution in [2.75, 3.05) is 12.4 Å². The zero-order valence-electron chi connectivity index (χ0n) is 11.5. The fraction of sp³-hybridized carbons (Fsp3) is 0.231. The quantitative estimate of drug-likeness (QED) is 0.744. The van der Waals surface area contributed by atoms with E-state index in [4.69, 9.17) is 16.3 Å². The Hall–Kier alpha value is -2.41. The van der Waals surface area contributed by atoms with Crippen LogP contribution in [0, 0.1) is 6.92 Å². The Morgan fingerprint density at radius 2 is 2.24 bits per heavy atom. The summed E-state index contributed by atoms with van der Waals surface area (Å²) < 4.78 is 6.85. The lowest BCUT2D eigenvalue weighted by atomic mass is 10.2. The minimum atomic E-state index is 0.399. The van der Waals surface area contributed by atoms with Gasteiger partial charge in [0.2, 0.25) is 5.88 Å². The fourth-order valence-electron chi connectivity index (χ4n) is 2.03. The van der Waals surface area contributed by atoms with Crippen LogP contribution in [0.3, 0.4) is 0 Å². The van der Waals surface area contributed by atoms with Crippen LogP contribution in [0.25, 0.3) is 5.78 Å². The molecule has 7 nitrogen and oxygen atoms in total. The molecular formula is C13H13ClN6O. The minimum absolute atomic E-state index is 0.399. The highest BCUT2D eigenvalue weighted by Gasteiger charge is 2.12. The second-order valence-corrected chi connectivity index (χ2v) is 4.73. The summed E-state index contributed by atoms with van der Waals surface area (Å²) >= 11 is 6.12. The monoisotopic (exact) mass is 304 g/mol. The molecule has 0 aliphatic heterocycles. The number of nitrogens with zero attached hydrogens (tertiary/aromatic N) is 5. The second-order valence-electron chi connectivity index (χ2n) is 4.37. The molecule has 0 bridgehead atoms. The van der Waals surface area contributed by atoms with Crippen LogP contribution < -0.4 is 10.1 Å². The number of pyridine rings is 1. The van der Waals surface area contributed by atoms with Gasteiger partial charge in [0.1, 0.15) is 17.3 Å². The standard InChI is InChI=1S/C13H13ClN6O/c1-8-10(14)19-13-17-7-18-20(13)11(8)16-6-9-4-3-5-15-12(9)21-2/h3-5,7,16H,6H2,1-2H3. The van der Waals surface area contributed by atoms with Gasteiger partial charge in [-0.2, -0.15) is 19.6 Å². The van der Waals surface area contributed by atoms with Crippen LogP contribution in [0.5, 0.6) is 5.88 Å². The molecule has 0 amide bonds. The molecule has 0 spiro atoms. The topological polar surface area (TPSA) is 77.2 Å². The highest BCUT2D eigenvalue weighted by molar-refractivity contribution is 6.30. The van der Waals surface area contributed by atoms with E-state index >= 15 is 0 Å². The first kappa shape index (κ1) is 13.6. The Labute approximate surface area is 126 Å². The number of ether oxygens (including phenoxy) is 1. The maximum atomic E-state index is 6.12. The number of nitrogens with one attached hydrogen (secondary N) is 1. The molecule has 0 aliphatic rings. The predicted octanol–water partition coefficient (Wildman–Crippen LogP) is 2.10. The summed E-state index contributed by atoms with van der Waals surface area (Å²) in [6.07, 6.45) is 3.13. The molecule has 1 N–H and O–H groups in total. The van der Waals surface area contributed by atoms with Crippen molar-refractivity contribution in [2.24, 2.45) is 0 Å². The molecule has 0 saturated heterocycles. The van der Waals surface area contributed by atoms with Gasteiger partial charge >= 0.3 is 0 Å². The summed E-state index contributed by atoms with van der Waals surface area (Å²) in [5, 5.41) is 7.84. The number of methoxy groups -OCH3 is 1. The van der Waals surface area contributed by atoms with Crippen molar-refractivity contribution in [3.63, 3.8) is 0 Å². The predicted molar refractivity (Wildman–Crippen MR) is 78.6 cm³/mol. The summed E-state index contributed by atoms with van der Waals surface area (Å²) in [5.41, 5.74) is 1.73. The Morgan fingerprint density at radius 3 is 3.05 bits per heavy atom. The average Bonchev–Trinajstić information content (AvgIpc) is 2.96. The third-order valence-corrected chi connectivity index (χ3v) is 3.46. The Balaban J connectivity index is 1.95. The van der Waals surface area contributed by atoms with Crippen molar-refractivity contribution in [2.45, 2.75) is 13.5 Å². The number of hydrogen-bond acceptors (Lipinski definition) is 6. The zero-order valence-corrected chi connectivity index (χ0v) is 12.3. The smallest absolute Gasteiger partial charge is 0.255 e. The van der Waals surface area contributed by atoms with Gasteiger partial charge in [-0.1, -0.05) is 17.7 Å². The first-order valence-corrected chi connectivity index (χ1v) is 6.66. The molecule has 3 rings (SSSR count). The molecule has 8 heteroatoms. The molecule has 0 aromatic carbocycles. The number of hydrogen-bond donors (Lipinski definition) is 1. The van der Waals surface area contributed by atoms with Gasteiger partial charge in [0.05, 0.1) is 7.11 Å². The number of rotatable bonds is 4. The second kappa shape index (κ2) is 5.53. The SMILES string of the molecule is COc1ncccc1CNc1c(C)c(Cl)nc2ncnn12. The molecule has 108 valence electrons. The maximum Gasteiger partial charge on any atom is 0.255 e. The highest BCUT2D eigenvalue weighted by Crippen LogP contribution is 2.23. The number of fused-ring (bicyclic) bond motifs is 1. The summed E-state index contributed by atoms with van der Waals surface area (Å²) in [4.78, 5) is 12.4. The average molecular weight is 305 g/mol. The van der Waals surface area contributed by atoms with Crippen molar-refractivity contribution in [1.82, 2.24) is 24.6 Å². The molecule has 0 saturated carbocycles. The molecule has 0 radical (unpaired) electrons. The van der Waals surface area contributed by atoms with Crippen LogP contribution in [0.1, 0.15) is 11.1 Å². The van der Waals surface area contributed by atoms with Crippen molar-refractivity contribution in [1.29, 1.82) is 0 Å². The van der Waals surface area contributed by atoms with Crippen molar-refractivity contribution in [3.05, 3.63) is 40.9 Å². The van der Waals surface area contributed by atoms with Crippen LogP contribution >= 0.6 is 11.6 Å². The van der Waals surface area contributed by atoms with Gasteiger partial charge in [0, 0.05) is 23.9 Å². The zero-order chi connectivity index (χ0) is 14.8. The van der Waals surface area contributed by atoms with Crippen molar-refractivity contribution >= 4 is 23.2 Å². The fourth-order valence-corrected chi connectivity index (χ4v) is 2.19. The third kappa shape index (κ3) is 2.47. The molecule has 0 unspecified atom stereocenters. The van der Waals surface area contributed by atoms with E-state index in [1.165, 1.54) is 6.33 Å². The first-order chi connectivity index (χ1) is 10.2. The van der Waals surface area contributed by atoms with E-state index < -0.39 is 0 Å². The molecule has 0 atom stereocenters. The van der Waals surface area contributed by atoms with E-state index in [2.05, 4.69) is 25.4 Å². The first-order valence-electron chi connectivity index (χ1n) is 6.28. The number of anilines is 1. The lowest BCUT2D eigenvalue weighted by Gasteiger charge is -2.13. The van der Waals surface area contributed by atoms with E-state index in [9.17, 15) is 0 Å². The van der Waals surface area contributed by atoms with E-state index in [0.29, 0.717) is 23.4 Å². The van der Waals surface area contributed by atoms with Crippen LogP contribution in [-0.2, 0) is 6.54 Å². The van der Waals surface area contributed by atoms with Gasteiger partial charge in [-0.05, 0) is 13.0 Å². The van der Waals surface area contributed by atoms with E-state index in [-0.39, 0.29) is 0 Å². The third-order valence-electron chi connectivity index (χ3n) is 3.09. The van der Waals surface area contributed by atoms with E-state index in [1.807, 2.05) is 19.1 Å². The Kier molecular flexibility index (Phi) is 3.57. The normalized spacial score (nSPS) is 10.8. The van der Waals surface area contributed by atoms with E-state index in [0.717, 1.165) is 16.9 Å². The summed E-state index contributed by atoms with van der Waals surface area (Å²) in [6.45, 7) is 2.40. The number of aromatic nitrogens is 5. The molecule has 3 heterocycles. The van der Waals surface area contributed by atoms with Gasteiger partial charge < -0.3 is 10.1 Å². The van der Waals surface area contributed by atoms with Crippen LogP contribution in [0.4, 0.5) is 5.82 Å². The van der Waals surface area contributed by atoms with Gasteiger partial charge in [0.15, 0.2) is 0 Å². The van der Waals surface area contributed by atoms with Gasteiger partial charge in [0.25, 0.3) is 5.78 Å². The van der Waals surface area contributed by atoms with Gasteiger partial charge in [-0.3, -0.25) is 0 Å². The van der Waals surface area contributed by atoms with E-state index in [1.54, 1.807) is 17.8 Å². The largest absolute Gasteiger partial charge is 0.481 e. The summed E-state index contributed by atoms with van der Waals surface area (Å²) in [5.74, 6) is 1.78. The Morgan fingerprint density at radius 1 is 1.38 bits per heavy atom. The lowest BCUT2D eigenvalue weighted by molar-refractivity contribution is 0.393.